The number of benzene rings is 1. The number of likely N-dealkylation sites (tertiary alicyclic amines) is 1. The molecular formula is C17H18N6O3S. The third-order valence-corrected chi connectivity index (χ3v) is 6.01. The highest BCUT2D eigenvalue weighted by Gasteiger charge is 2.36. The molecule has 1 aromatic carbocycles. The van der Waals surface area contributed by atoms with Gasteiger partial charge in [0.15, 0.2) is 0 Å². The lowest BCUT2D eigenvalue weighted by atomic mass is 10.2. The Labute approximate surface area is 156 Å². The summed E-state index contributed by atoms with van der Waals surface area (Å²) in [6.45, 7) is 0.545. The minimum absolute atomic E-state index is 0.167. The third kappa shape index (κ3) is 3.72. The van der Waals surface area contributed by atoms with Crippen molar-refractivity contribution in [3.8, 4) is 11.4 Å². The lowest BCUT2D eigenvalue weighted by Gasteiger charge is -2.14. The molecule has 10 heteroatoms. The quantitative estimate of drug-likeness (QED) is 0.697. The van der Waals surface area contributed by atoms with E-state index in [1.165, 1.54) is 6.33 Å². The second-order valence-corrected chi connectivity index (χ2v) is 8.12. The zero-order chi connectivity index (χ0) is 18.9. The molecule has 0 spiro atoms. The highest BCUT2D eigenvalue weighted by atomic mass is 32.2. The second-order valence-electron chi connectivity index (χ2n) is 6.41. The van der Waals surface area contributed by atoms with Crippen molar-refractivity contribution in [2.24, 2.45) is 0 Å². The molecule has 9 nitrogen and oxygen atoms in total. The van der Waals surface area contributed by atoms with Crippen molar-refractivity contribution >= 4 is 10.0 Å². The van der Waals surface area contributed by atoms with Crippen LogP contribution in [-0.4, -0.2) is 53.1 Å². The van der Waals surface area contributed by atoms with Gasteiger partial charge in [0.05, 0.1) is 16.5 Å². The van der Waals surface area contributed by atoms with Crippen molar-refractivity contribution in [2.75, 3.05) is 13.6 Å². The Kier molecular flexibility index (Phi) is 4.68. The lowest BCUT2D eigenvalue weighted by molar-refractivity contribution is 0.244. The fourth-order valence-electron chi connectivity index (χ4n) is 3.16. The van der Waals surface area contributed by atoms with Crippen molar-refractivity contribution < 1.29 is 12.9 Å². The van der Waals surface area contributed by atoms with Gasteiger partial charge in [-0.05, 0) is 25.6 Å². The molecule has 0 bridgehead atoms. The topological polar surface area (TPSA) is 114 Å². The minimum Gasteiger partial charge on any atom is -0.337 e. The van der Waals surface area contributed by atoms with Crippen LogP contribution < -0.4 is 4.72 Å². The van der Waals surface area contributed by atoms with Crippen LogP contribution in [0.15, 0.2) is 58.5 Å². The smallest absolute Gasteiger partial charge is 0.244 e. The first-order valence-electron chi connectivity index (χ1n) is 8.39. The van der Waals surface area contributed by atoms with E-state index in [-0.39, 0.29) is 17.0 Å². The molecule has 0 radical (unpaired) electrons. The number of hydrogen-bond donors (Lipinski definition) is 1. The molecule has 3 heterocycles. The van der Waals surface area contributed by atoms with E-state index in [1.54, 1.807) is 42.7 Å². The largest absolute Gasteiger partial charge is 0.337 e. The molecule has 2 atom stereocenters. The number of sulfonamides is 1. The van der Waals surface area contributed by atoms with Gasteiger partial charge in [0, 0.05) is 25.0 Å². The first-order valence-corrected chi connectivity index (χ1v) is 9.88. The molecule has 3 aromatic rings. The molecule has 1 aliphatic rings. The summed E-state index contributed by atoms with van der Waals surface area (Å²) < 4.78 is 33.2. The van der Waals surface area contributed by atoms with Crippen LogP contribution in [-0.2, 0) is 10.0 Å². The van der Waals surface area contributed by atoms with Gasteiger partial charge in [0.2, 0.25) is 21.7 Å². The fourth-order valence-corrected chi connectivity index (χ4v) is 4.42. The van der Waals surface area contributed by atoms with Crippen LogP contribution in [0, 0.1) is 0 Å². The zero-order valence-corrected chi connectivity index (χ0v) is 15.4. The molecular weight excluding hydrogens is 368 g/mol. The van der Waals surface area contributed by atoms with Crippen LogP contribution in [0.25, 0.3) is 11.4 Å². The highest BCUT2D eigenvalue weighted by Crippen LogP contribution is 2.31. The highest BCUT2D eigenvalue weighted by molar-refractivity contribution is 7.89. The van der Waals surface area contributed by atoms with Gasteiger partial charge in [-0.1, -0.05) is 23.4 Å². The van der Waals surface area contributed by atoms with Crippen molar-refractivity contribution in [3.63, 3.8) is 0 Å². The van der Waals surface area contributed by atoms with Gasteiger partial charge >= 0.3 is 0 Å². The maximum Gasteiger partial charge on any atom is 0.244 e. The van der Waals surface area contributed by atoms with Crippen LogP contribution in [0.5, 0.6) is 0 Å². The molecule has 140 valence electrons. The van der Waals surface area contributed by atoms with Crippen LogP contribution in [0.3, 0.4) is 0 Å². The second kappa shape index (κ2) is 7.14. The third-order valence-electron chi connectivity index (χ3n) is 4.47. The number of likely N-dealkylation sites (N-methyl/N-ethyl adjacent to an activating group) is 1. The Hall–Kier alpha value is -2.69. The number of hydrogen-bond acceptors (Lipinski definition) is 8. The van der Waals surface area contributed by atoms with E-state index < -0.39 is 10.0 Å². The maximum atomic E-state index is 12.5. The number of aromatic nitrogens is 4. The molecule has 0 aliphatic carbocycles. The Morgan fingerprint density at radius 3 is 2.67 bits per heavy atom. The van der Waals surface area contributed by atoms with E-state index in [9.17, 15) is 8.42 Å². The first-order chi connectivity index (χ1) is 13.0. The fraction of sp³-hybridized carbons (Fsp3) is 0.294. The van der Waals surface area contributed by atoms with Gasteiger partial charge in [0.25, 0.3) is 0 Å². The Morgan fingerprint density at radius 1 is 1.19 bits per heavy atom. The molecule has 1 N–H and O–H groups in total. The van der Waals surface area contributed by atoms with Gasteiger partial charge in [-0.3, -0.25) is 4.90 Å². The molecule has 27 heavy (non-hydrogen) atoms. The predicted molar refractivity (Wildman–Crippen MR) is 95.9 cm³/mol. The summed E-state index contributed by atoms with van der Waals surface area (Å²) in [4.78, 5) is 14.6. The molecule has 1 aliphatic heterocycles. The molecule has 2 aromatic heterocycles. The van der Waals surface area contributed by atoms with Crippen LogP contribution in [0.1, 0.15) is 18.4 Å². The number of nitrogens with zero attached hydrogens (tertiary/aromatic N) is 5. The van der Waals surface area contributed by atoms with Gasteiger partial charge in [-0.2, -0.15) is 4.98 Å². The zero-order valence-electron chi connectivity index (χ0n) is 14.6. The van der Waals surface area contributed by atoms with Gasteiger partial charge in [0.1, 0.15) is 6.33 Å². The summed E-state index contributed by atoms with van der Waals surface area (Å²) in [6, 6.07) is 7.91. The predicted octanol–water partition coefficient (Wildman–Crippen LogP) is 1.25. The van der Waals surface area contributed by atoms with Crippen molar-refractivity contribution in [1.82, 2.24) is 29.7 Å². The molecule has 0 saturated carbocycles. The maximum absolute atomic E-state index is 12.5. The van der Waals surface area contributed by atoms with Crippen molar-refractivity contribution in [3.05, 3.63) is 54.9 Å². The Balaban J connectivity index is 1.48. The summed E-state index contributed by atoms with van der Waals surface area (Å²) in [7, 11) is -1.67. The van der Waals surface area contributed by atoms with Crippen LogP contribution in [0.4, 0.5) is 0 Å². The number of rotatable bonds is 5. The average Bonchev–Trinajstić information content (AvgIpc) is 3.29. The van der Waals surface area contributed by atoms with E-state index in [0.29, 0.717) is 30.2 Å². The monoisotopic (exact) mass is 386 g/mol. The minimum atomic E-state index is -3.57. The van der Waals surface area contributed by atoms with Crippen LogP contribution in [0.2, 0.25) is 0 Å². The standard InChI is InChI=1S/C17H18N6O3S/c1-23-10-13(22-27(24,25)14-5-3-2-4-6-14)7-15(23)17-20-16(21-26-17)12-8-18-11-19-9-12/h2-6,8-9,11,13,15,22H,7,10H2,1H3. The van der Waals surface area contributed by atoms with Crippen LogP contribution >= 0.6 is 0 Å². The molecule has 1 saturated heterocycles. The summed E-state index contributed by atoms with van der Waals surface area (Å²) in [5.41, 5.74) is 0.662. The van der Waals surface area contributed by atoms with Gasteiger partial charge < -0.3 is 4.52 Å². The molecule has 4 rings (SSSR count). The van der Waals surface area contributed by atoms with E-state index in [4.69, 9.17) is 4.52 Å². The average molecular weight is 386 g/mol. The SMILES string of the molecule is CN1CC(NS(=O)(=O)c2ccccc2)CC1c1nc(-c2cncnc2)no1. The summed E-state index contributed by atoms with van der Waals surface area (Å²) in [6.07, 6.45) is 5.18. The van der Waals surface area contributed by atoms with Gasteiger partial charge in [-0.25, -0.2) is 23.1 Å². The van der Waals surface area contributed by atoms with E-state index >= 15 is 0 Å². The lowest BCUT2D eigenvalue weighted by Crippen LogP contribution is -2.36. The Bertz CT molecular complexity index is 1010. The molecule has 2 unspecified atom stereocenters. The van der Waals surface area contributed by atoms with E-state index in [0.717, 1.165) is 0 Å². The summed E-state index contributed by atoms with van der Waals surface area (Å²) in [5.74, 6) is 0.852. The Morgan fingerprint density at radius 2 is 1.93 bits per heavy atom. The van der Waals surface area contributed by atoms with Crippen molar-refractivity contribution in [2.45, 2.75) is 23.4 Å². The molecule has 0 amide bonds. The summed E-state index contributed by atoms with van der Waals surface area (Å²) in [5, 5.41) is 3.98. The summed E-state index contributed by atoms with van der Waals surface area (Å²) >= 11 is 0. The first kappa shape index (κ1) is 17.7. The normalized spacial score (nSPS) is 20.8. The van der Waals surface area contributed by atoms with Gasteiger partial charge in [-0.15, -0.1) is 0 Å². The van der Waals surface area contributed by atoms with E-state index in [1.807, 2.05) is 11.9 Å². The molecule has 1 fully saturated rings. The number of nitrogens with one attached hydrogen (secondary N) is 1. The van der Waals surface area contributed by atoms with Crippen molar-refractivity contribution in [1.29, 1.82) is 0 Å². The van der Waals surface area contributed by atoms with E-state index in [2.05, 4.69) is 24.8 Å².